The molecule has 9 heteroatoms. The third-order valence-corrected chi connectivity index (χ3v) is 9.24. The monoisotopic (exact) mass is 641 g/mol. The minimum Gasteiger partial charge on any atom is -0.497 e. The van der Waals surface area contributed by atoms with Crippen molar-refractivity contribution in [1.29, 1.82) is 0 Å². The molecular formula is C37H43N3O5S. The van der Waals surface area contributed by atoms with Gasteiger partial charge >= 0.3 is 0 Å². The molecule has 8 nitrogen and oxygen atoms in total. The van der Waals surface area contributed by atoms with Gasteiger partial charge in [-0.2, -0.15) is 0 Å². The zero-order valence-electron chi connectivity index (χ0n) is 27.4. The average molecular weight is 642 g/mol. The van der Waals surface area contributed by atoms with Crippen molar-refractivity contribution in [2.75, 3.05) is 18.0 Å². The predicted octanol–water partition coefficient (Wildman–Crippen LogP) is 6.06. The van der Waals surface area contributed by atoms with Crippen LogP contribution in [0, 0.1) is 13.8 Å². The summed E-state index contributed by atoms with van der Waals surface area (Å²) in [5.41, 5.74) is 3.34. The number of sulfonamides is 1. The smallest absolute Gasteiger partial charge is 0.264 e. The number of nitrogens with zero attached hydrogens (tertiary/aromatic N) is 2. The second-order valence-electron chi connectivity index (χ2n) is 12.5. The van der Waals surface area contributed by atoms with Gasteiger partial charge in [0.2, 0.25) is 11.8 Å². The quantitative estimate of drug-likeness (QED) is 0.203. The van der Waals surface area contributed by atoms with Gasteiger partial charge < -0.3 is 15.0 Å². The highest BCUT2D eigenvalue weighted by molar-refractivity contribution is 7.92. The fraction of sp³-hybridized carbons (Fsp3) is 0.297. The van der Waals surface area contributed by atoms with Gasteiger partial charge in [0.25, 0.3) is 10.0 Å². The molecule has 0 heterocycles. The van der Waals surface area contributed by atoms with Crippen molar-refractivity contribution in [2.24, 2.45) is 0 Å². The van der Waals surface area contributed by atoms with Crippen LogP contribution in [0.3, 0.4) is 0 Å². The summed E-state index contributed by atoms with van der Waals surface area (Å²) >= 11 is 0. The van der Waals surface area contributed by atoms with Crippen LogP contribution in [0.4, 0.5) is 5.69 Å². The number of carbonyl (C=O) groups is 2. The van der Waals surface area contributed by atoms with E-state index in [9.17, 15) is 18.0 Å². The summed E-state index contributed by atoms with van der Waals surface area (Å²) in [4.78, 5) is 30.1. The topological polar surface area (TPSA) is 96.0 Å². The van der Waals surface area contributed by atoms with E-state index in [1.165, 1.54) is 24.1 Å². The van der Waals surface area contributed by atoms with Gasteiger partial charge in [-0.1, -0.05) is 77.9 Å². The van der Waals surface area contributed by atoms with Crippen LogP contribution in [0.15, 0.2) is 108 Å². The molecule has 0 aliphatic heterocycles. The predicted molar refractivity (Wildman–Crippen MR) is 182 cm³/mol. The van der Waals surface area contributed by atoms with E-state index in [0.717, 1.165) is 26.6 Å². The first kappa shape index (κ1) is 34.2. The first-order valence-electron chi connectivity index (χ1n) is 15.2. The number of ether oxygens (including phenoxy) is 1. The number of methoxy groups -OCH3 is 1. The summed E-state index contributed by atoms with van der Waals surface area (Å²) in [6.45, 7) is 9.08. The highest BCUT2D eigenvalue weighted by atomic mass is 32.2. The summed E-state index contributed by atoms with van der Waals surface area (Å²) < 4.78 is 34.8. The van der Waals surface area contributed by atoms with Crippen LogP contribution < -0.4 is 14.4 Å². The van der Waals surface area contributed by atoms with Crippen molar-refractivity contribution in [2.45, 2.75) is 64.1 Å². The Morgan fingerprint density at radius 1 is 0.804 bits per heavy atom. The number of hydrogen-bond donors (Lipinski definition) is 1. The number of anilines is 1. The Kier molecular flexibility index (Phi) is 10.9. The highest BCUT2D eigenvalue weighted by Crippen LogP contribution is 2.27. The Labute approximate surface area is 273 Å². The number of hydrogen-bond acceptors (Lipinski definition) is 5. The van der Waals surface area contributed by atoms with Gasteiger partial charge in [-0.25, -0.2) is 8.42 Å². The third kappa shape index (κ3) is 8.97. The lowest BCUT2D eigenvalue weighted by atomic mass is 10.0. The van der Waals surface area contributed by atoms with E-state index in [-0.39, 0.29) is 23.8 Å². The van der Waals surface area contributed by atoms with Gasteiger partial charge in [0.15, 0.2) is 0 Å². The number of nitrogens with one attached hydrogen (secondary N) is 1. The minimum atomic E-state index is -4.19. The molecule has 4 aromatic carbocycles. The Morgan fingerprint density at radius 3 is 2.02 bits per heavy atom. The lowest BCUT2D eigenvalue weighted by Crippen LogP contribution is -2.56. The molecule has 46 heavy (non-hydrogen) atoms. The summed E-state index contributed by atoms with van der Waals surface area (Å²) in [6, 6.07) is 29.3. The molecule has 0 aliphatic rings. The van der Waals surface area contributed by atoms with Crippen molar-refractivity contribution in [3.8, 4) is 5.75 Å². The van der Waals surface area contributed by atoms with E-state index < -0.39 is 34.1 Å². The van der Waals surface area contributed by atoms with Crippen LogP contribution in [-0.2, 0) is 32.6 Å². The minimum absolute atomic E-state index is 0.0539. The molecule has 0 saturated carbocycles. The number of rotatable bonds is 12. The van der Waals surface area contributed by atoms with Gasteiger partial charge in [-0.3, -0.25) is 13.9 Å². The fourth-order valence-electron chi connectivity index (χ4n) is 5.13. The molecule has 4 rings (SSSR count). The Balaban J connectivity index is 1.82. The largest absolute Gasteiger partial charge is 0.497 e. The van der Waals surface area contributed by atoms with Crippen molar-refractivity contribution < 1.29 is 22.7 Å². The van der Waals surface area contributed by atoms with Gasteiger partial charge in [-0.15, -0.1) is 0 Å². The highest BCUT2D eigenvalue weighted by Gasteiger charge is 2.35. The van der Waals surface area contributed by atoms with Gasteiger partial charge in [0, 0.05) is 18.5 Å². The summed E-state index contributed by atoms with van der Waals surface area (Å²) in [6.07, 6.45) is 0.244. The molecule has 0 radical (unpaired) electrons. The van der Waals surface area contributed by atoms with Crippen LogP contribution in [-0.4, -0.2) is 50.4 Å². The van der Waals surface area contributed by atoms with E-state index in [1.807, 2.05) is 89.2 Å². The van der Waals surface area contributed by atoms with E-state index in [2.05, 4.69) is 5.32 Å². The third-order valence-electron chi connectivity index (χ3n) is 7.45. The van der Waals surface area contributed by atoms with Crippen LogP contribution in [0.1, 0.15) is 43.0 Å². The fourth-order valence-corrected chi connectivity index (χ4v) is 6.54. The summed E-state index contributed by atoms with van der Waals surface area (Å²) in [5, 5.41) is 3.05. The van der Waals surface area contributed by atoms with Crippen molar-refractivity contribution in [1.82, 2.24) is 10.2 Å². The van der Waals surface area contributed by atoms with Gasteiger partial charge in [0.1, 0.15) is 18.3 Å². The molecule has 0 saturated heterocycles. The molecule has 242 valence electrons. The molecule has 0 spiro atoms. The molecule has 0 bridgehead atoms. The number of benzene rings is 4. The molecule has 4 aromatic rings. The van der Waals surface area contributed by atoms with Crippen LogP contribution in [0.25, 0.3) is 0 Å². The zero-order valence-corrected chi connectivity index (χ0v) is 28.2. The molecule has 0 fully saturated rings. The Bertz CT molecular complexity index is 1730. The maximum atomic E-state index is 14.6. The molecule has 1 N–H and O–H groups in total. The molecular weight excluding hydrogens is 598 g/mol. The first-order valence-corrected chi connectivity index (χ1v) is 16.7. The van der Waals surface area contributed by atoms with Gasteiger partial charge in [0.05, 0.1) is 17.7 Å². The Hall–Kier alpha value is -4.63. The van der Waals surface area contributed by atoms with E-state index in [1.54, 1.807) is 36.4 Å². The number of aryl methyl sites for hydroxylation is 2. The van der Waals surface area contributed by atoms with Crippen LogP contribution in [0.5, 0.6) is 5.75 Å². The SMILES string of the molecule is COc1ccc(N(CC(=O)N(Cc2cccc(C)c2)[C@@H](Cc2ccccc2)C(=O)NC(C)(C)C)S(=O)(=O)c2ccc(C)cc2)cc1. The molecule has 0 unspecified atom stereocenters. The number of carbonyl (C=O) groups excluding carboxylic acids is 2. The molecule has 0 aliphatic carbocycles. The second-order valence-corrected chi connectivity index (χ2v) is 14.3. The maximum Gasteiger partial charge on any atom is 0.264 e. The summed E-state index contributed by atoms with van der Waals surface area (Å²) in [5.74, 6) is -0.293. The van der Waals surface area contributed by atoms with E-state index in [4.69, 9.17) is 4.74 Å². The zero-order chi connectivity index (χ0) is 33.5. The van der Waals surface area contributed by atoms with E-state index in [0.29, 0.717) is 11.4 Å². The maximum absolute atomic E-state index is 14.6. The van der Waals surface area contributed by atoms with Crippen molar-refractivity contribution in [3.63, 3.8) is 0 Å². The Morgan fingerprint density at radius 2 is 1.43 bits per heavy atom. The number of amides is 2. The molecule has 2 amide bonds. The van der Waals surface area contributed by atoms with Crippen LogP contribution in [0.2, 0.25) is 0 Å². The van der Waals surface area contributed by atoms with Crippen molar-refractivity contribution in [3.05, 3.63) is 125 Å². The lowest BCUT2D eigenvalue weighted by molar-refractivity contribution is -0.140. The van der Waals surface area contributed by atoms with Gasteiger partial charge in [-0.05, 0) is 82.1 Å². The first-order chi connectivity index (χ1) is 21.8. The average Bonchev–Trinajstić information content (AvgIpc) is 3.01. The normalized spacial score (nSPS) is 12.2. The summed E-state index contributed by atoms with van der Waals surface area (Å²) in [7, 11) is -2.66. The molecule has 0 aromatic heterocycles. The standard InChI is InChI=1S/C37H43N3O5S/c1-27-15-21-33(22-16-27)46(43,44)40(31-17-19-32(45-6)20-18-31)26-35(41)39(25-30-14-10-11-28(2)23-30)34(36(42)38-37(3,4)5)24-29-12-8-7-9-13-29/h7-23,34H,24-26H2,1-6H3,(H,38,42)/t34-/m0/s1. The van der Waals surface area contributed by atoms with Crippen LogP contribution >= 0.6 is 0 Å². The second kappa shape index (κ2) is 14.6. The lowest BCUT2D eigenvalue weighted by Gasteiger charge is -2.35. The van der Waals surface area contributed by atoms with E-state index >= 15 is 0 Å². The van der Waals surface area contributed by atoms with Crippen molar-refractivity contribution >= 4 is 27.5 Å². The molecule has 1 atom stereocenters.